The normalized spacial score (nSPS) is 26.0. The zero-order valence-electron chi connectivity index (χ0n) is 10.4. The van der Waals surface area contributed by atoms with Gasteiger partial charge in [-0.25, -0.2) is 0 Å². The van der Waals surface area contributed by atoms with Crippen LogP contribution in [-0.2, 0) is 9.53 Å². The van der Waals surface area contributed by atoms with Crippen molar-refractivity contribution >= 4 is 5.97 Å². The molecule has 0 amide bonds. The Labute approximate surface area is 102 Å². The maximum atomic E-state index is 11.6. The van der Waals surface area contributed by atoms with Crippen LogP contribution < -0.4 is 5.32 Å². The number of carboxylic acids is 1. The van der Waals surface area contributed by atoms with Crippen LogP contribution in [0.3, 0.4) is 0 Å². The Kier molecular flexibility index (Phi) is 4.01. The van der Waals surface area contributed by atoms with Crippen molar-refractivity contribution in [2.75, 3.05) is 33.4 Å². The van der Waals surface area contributed by atoms with Crippen LogP contribution >= 0.6 is 0 Å². The molecule has 2 N–H and O–H groups in total. The zero-order chi connectivity index (χ0) is 12.3. The molecule has 2 fully saturated rings. The maximum absolute atomic E-state index is 11.6. The largest absolute Gasteiger partial charge is 0.480 e. The Morgan fingerprint density at radius 3 is 2.47 bits per heavy atom. The molecule has 0 radical (unpaired) electrons. The zero-order valence-corrected chi connectivity index (χ0v) is 10.4. The van der Waals surface area contributed by atoms with E-state index >= 15 is 0 Å². The molecule has 0 saturated carbocycles. The minimum Gasteiger partial charge on any atom is -0.480 e. The Bertz CT molecular complexity index is 271. The molecule has 0 unspecified atom stereocenters. The number of nitrogens with zero attached hydrogens (tertiary/aromatic N) is 1. The second-order valence-corrected chi connectivity index (χ2v) is 5.04. The van der Waals surface area contributed by atoms with Crippen molar-refractivity contribution in [3.05, 3.63) is 0 Å². The summed E-state index contributed by atoms with van der Waals surface area (Å²) in [5.74, 6) is -0.693. The average Bonchev–Trinajstić information content (AvgIpc) is 2.39. The van der Waals surface area contributed by atoms with Crippen molar-refractivity contribution in [3.8, 4) is 0 Å². The number of hydrogen-bond donors (Lipinski definition) is 2. The third-order valence-electron chi connectivity index (χ3n) is 4.25. The summed E-state index contributed by atoms with van der Waals surface area (Å²) in [4.78, 5) is 13.7. The van der Waals surface area contributed by atoms with Gasteiger partial charge in [0, 0.05) is 19.3 Å². The molecule has 5 heteroatoms. The van der Waals surface area contributed by atoms with Gasteiger partial charge in [-0.3, -0.25) is 9.69 Å². The Morgan fingerprint density at radius 1 is 1.35 bits per heavy atom. The van der Waals surface area contributed by atoms with Gasteiger partial charge in [-0.1, -0.05) is 0 Å². The van der Waals surface area contributed by atoms with Crippen molar-refractivity contribution in [3.63, 3.8) is 0 Å². The minimum absolute atomic E-state index is 0.380. The average molecular weight is 242 g/mol. The van der Waals surface area contributed by atoms with E-state index in [0.717, 1.165) is 25.9 Å². The highest BCUT2D eigenvalue weighted by Gasteiger charge is 2.46. The SMILES string of the molecule is CN(C1CCNCC1)C1(C(=O)O)CCOCC1. The minimum atomic E-state index is -0.708. The summed E-state index contributed by atoms with van der Waals surface area (Å²) in [6, 6.07) is 0.380. The monoisotopic (exact) mass is 242 g/mol. The highest BCUT2D eigenvalue weighted by molar-refractivity contribution is 5.79. The molecular formula is C12H22N2O3. The van der Waals surface area contributed by atoms with E-state index in [4.69, 9.17) is 4.74 Å². The molecule has 0 aromatic rings. The highest BCUT2D eigenvalue weighted by atomic mass is 16.5. The van der Waals surface area contributed by atoms with Crippen LogP contribution in [0.25, 0.3) is 0 Å². The van der Waals surface area contributed by atoms with Crippen LogP contribution in [0.4, 0.5) is 0 Å². The molecule has 0 aliphatic carbocycles. The molecule has 98 valence electrons. The van der Waals surface area contributed by atoms with Crippen LogP contribution in [0.15, 0.2) is 0 Å². The van der Waals surface area contributed by atoms with E-state index in [-0.39, 0.29) is 0 Å². The number of nitrogens with one attached hydrogen (secondary N) is 1. The molecule has 2 aliphatic rings. The third-order valence-corrected chi connectivity index (χ3v) is 4.25. The standard InChI is InChI=1S/C12H22N2O3/c1-14(10-2-6-13-7-3-10)12(11(15)16)4-8-17-9-5-12/h10,13H,2-9H2,1H3,(H,15,16). The van der Waals surface area contributed by atoms with Gasteiger partial charge in [0.05, 0.1) is 0 Å². The first-order valence-electron chi connectivity index (χ1n) is 6.41. The number of ether oxygens (including phenoxy) is 1. The van der Waals surface area contributed by atoms with E-state index in [2.05, 4.69) is 10.2 Å². The smallest absolute Gasteiger partial charge is 0.324 e. The van der Waals surface area contributed by atoms with Crippen LogP contribution in [0.5, 0.6) is 0 Å². The fraction of sp³-hybridized carbons (Fsp3) is 0.917. The molecule has 0 bridgehead atoms. The topological polar surface area (TPSA) is 61.8 Å². The number of aliphatic carboxylic acids is 1. The lowest BCUT2D eigenvalue weighted by Gasteiger charge is -2.46. The van der Waals surface area contributed by atoms with Gasteiger partial charge in [0.2, 0.25) is 0 Å². The van der Waals surface area contributed by atoms with Crippen LogP contribution in [-0.4, -0.2) is 60.9 Å². The van der Waals surface area contributed by atoms with Crippen molar-refractivity contribution in [1.82, 2.24) is 10.2 Å². The molecular weight excluding hydrogens is 220 g/mol. The van der Waals surface area contributed by atoms with Gasteiger partial charge in [-0.15, -0.1) is 0 Å². The molecule has 0 atom stereocenters. The quantitative estimate of drug-likeness (QED) is 0.745. The fourth-order valence-electron chi connectivity index (χ4n) is 2.97. The van der Waals surface area contributed by atoms with Gasteiger partial charge in [-0.2, -0.15) is 0 Å². The van der Waals surface area contributed by atoms with Crippen LogP contribution in [0, 0.1) is 0 Å². The number of carboxylic acid groups (broad SMARTS) is 1. The summed E-state index contributed by atoms with van der Waals surface area (Å²) in [5.41, 5.74) is -0.708. The molecule has 2 saturated heterocycles. The summed E-state index contributed by atoms with van der Waals surface area (Å²) in [5, 5.41) is 12.9. The van der Waals surface area contributed by atoms with Gasteiger partial charge in [0.15, 0.2) is 0 Å². The van der Waals surface area contributed by atoms with Gasteiger partial charge in [0.1, 0.15) is 5.54 Å². The first-order chi connectivity index (χ1) is 8.17. The van der Waals surface area contributed by atoms with Crippen molar-refractivity contribution in [2.24, 2.45) is 0 Å². The summed E-state index contributed by atoms with van der Waals surface area (Å²) in [7, 11) is 1.97. The lowest BCUT2D eigenvalue weighted by Crippen LogP contribution is -2.60. The van der Waals surface area contributed by atoms with Crippen LogP contribution in [0.2, 0.25) is 0 Å². The number of rotatable bonds is 3. The molecule has 0 spiro atoms. The Balaban J connectivity index is 2.11. The third kappa shape index (κ3) is 2.46. The first-order valence-corrected chi connectivity index (χ1v) is 6.41. The molecule has 0 aromatic heterocycles. The lowest BCUT2D eigenvalue weighted by molar-refractivity contribution is -0.160. The highest BCUT2D eigenvalue weighted by Crippen LogP contribution is 2.31. The summed E-state index contributed by atoms with van der Waals surface area (Å²) in [6.07, 6.45) is 3.27. The number of carbonyl (C=O) groups is 1. The molecule has 2 heterocycles. The van der Waals surface area contributed by atoms with E-state index in [0.29, 0.717) is 32.1 Å². The van der Waals surface area contributed by atoms with Gasteiger partial charge in [0.25, 0.3) is 0 Å². The molecule has 17 heavy (non-hydrogen) atoms. The second-order valence-electron chi connectivity index (χ2n) is 5.04. The number of hydrogen-bond acceptors (Lipinski definition) is 4. The van der Waals surface area contributed by atoms with Crippen molar-refractivity contribution in [1.29, 1.82) is 0 Å². The van der Waals surface area contributed by atoms with Gasteiger partial charge < -0.3 is 15.2 Å². The summed E-state index contributed by atoms with van der Waals surface area (Å²) < 4.78 is 5.31. The number of piperidine rings is 1. The molecule has 5 nitrogen and oxygen atoms in total. The Hall–Kier alpha value is -0.650. The van der Waals surface area contributed by atoms with Crippen molar-refractivity contribution < 1.29 is 14.6 Å². The van der Waals surface area contributed by atoms with E-state index in [1.54, 1.807) is 0 Å². The van der Waals surface area contributed by atoms with Gasteiger partial charge >= 0.3 is 5.97 Å². The van der Waals surface area contributed by atoms with Crippen molar-refractivity contribution in [2.45, 2.75) is 37.3 Å². The van der Waals surface area contributed by atoms with E-state index in [1.165, 1.54) is 0 Å². The lowest BCUT2D eigenvalue weighted by atomic mass is 9.86. The van der Waals surface area contributed by atoms with Gasteiger partial charge in [-0.05, 0) is 45.8 Å². The predicted molar refractivity (Wildman–Crippen MR) is 64.1 cm³/mol. The molecule has 0 aromatic carbocycles. The maximum Gasteiger partial charge on any atom is 0.324 e. The second kappa shape index (κ2) is 5.33. The molecule has 2 rings (SSSR count). The van der Waals surface area contributed by atoms with E-state index in [1.807, 2.05) is 7.05 Å². The Morgan fingerprint density at radius 2 is 1.94 bits per heavy atom. The predicted octanol–water partition coefficient (Wildman–Crippen LogP) is 0.304. The fourth-order valence-corrected chi connectivity index (χ4v) is 2.97. The van der Waals surface area contributed by atoms with Crippen LogP contribution in [0.1, 0.15) is 25.7 Å². The molecule has 2 aliphatic heterocycles. The van der Waals surface area contributed by atoms with E-state index < -0.39 is 11.5 Å². The summed E-state index contributed by atoms with van der Waals surface area (Å²) in [6.45, 7) is 3.09. The first kappa shape index (κ1) is 12.8. The summed E-state index contributed by atoms with van der Waals surface area (Å²) >= 11 is 0. The number of likely N-dealkylation sites (N-methyl/N-ethyl adjacent to an activating group) is 1. The van der Waals surface area contributed by atoms with E-state index in [9.17, 15) is 9.90 Å².